The Morgan fingerprint density at radius 1 is 1.23 bits per heavy atom. The summed E-state index contributed by atoms with van der Waals surface area (Å²) in [5, 5.41) is 0.105. The van der Waals surface area contributed by atoms with Gasteiger partial charge in [0.25, 0.3) is 10.0 Å². The van der Waals surface area contributed by atoms with Crippen LogP contribution in [0.2, 0.25) is 0 Å². The van der Waals surface area contributed by atoms with E-state index >= 15 is 0 Å². The number of hydrogen-bond acceptors (Lipinski definition) is 7. The SMILES string of the molecule is COC(=O)c1sc(NS(=O)(=O)c2ccc(OC)cc2)nc1C. The number of carbonyl (C=O) groups is 1. The minimum absolute atomic E-state index is 0.0702. The number of rotatable bonds is 5. The van der Waals surface area contributed by atoms with Crippen molar-refractivity contribution in [2.75, 3.05) is 18.9 Å². The third-order valence-corrected chi connectivity index (χ3v) is 5.30. The highest BCUT2D eigenvalue weighted by Gasteiger charge is 2.20. The molecule has 1 aromatic carbocycles. The molecule has 0 saturated carbocycles. The summed E-state index contributed by atoms with van der Waals surface area (Å²) in [7, 11) is -1.04. The number of anilines is 1. The van der Waals surface area contributed by atoms with Crippen LogP contribution in [0.15, 0.2) is 29.2 Å². The number of benzene rings is 1. The van der Waals surface area contributed by atoms with E-state index in [-0.39, 0.29) is 14.9 Å². The van der Waals surface area contributed by atoms with Gasteiger partial charge in [-0.1, -0.05) is 11.3 Å². The molecule has 0 bridgehead atoms. The number of carbonyl (C=O) groups excluding carboxylic acids is 1. The maximum absolute atomic E-state index is 12.3. The van der Waals surface area contributed by atoms with Crippen molar-refractivity contribution in [3.8, 4) is 5.75 Å². The number of thiazole rings is 1. The molecule has 22 heavy (non-hydrogen) atoms. The summed E-state index contributed by atoms with van der Waals surface area (Å²) in [4.78, 5) is 15.9. The van der Waals surface area contributed by atoms with Crippen molar-refractivity contribution in [2.45, 2.75) is 11.8 Å². The van der Waals surface area contributed by atoms with Crippen LogP contribution in [0.1, 0.15) is 15.4 Å². The molecule has 1 heterocycles. The van der Waals surface area contributed by atoms with E-state index in [1.54, 1.807) is 19.1 Å². The van der Waals surface area contributed by atoms with Gasteiger partial charge in [0.2, 0.25) is 0 Å². The van der Waals surface area contributed by atoms with Crippen LogP contribution in [-0.4, -0.2) is 33.6 Å². The van der Waals surface area contributed by atoms with E-state index < -0.39 is 16.0 Å². The van der Waals surface area contributed by atoms with Gasteiger partial charge in [-0.15, -0.1) is 0 Å². The van der Waals surface area contributed by atoms with Crippen LogP contribution in [0.3, 0.4) is 0 Å². The number of hydrogen-bond donors (Lipinski definition) is 1. The van der Waals surface area contributed by atoms with Crippen molar-refractivity contribution < 1.29 is 22.7 Å². The first-order valence-corrected chi connectivity index (χ1v) is 8.40. The zero-order valence-corrected chi connectivity index (χ0v) is 13.7. The summed E-state index contributed by atoms with van der Waals surface area (Å²) in [6.45, 7) is 1.61. The monoisotopic (exact) mass is 342 g/mol. The number of sulfonamides is 1. The summed E-state index contributed by atoms with van der Waals surface area (Å²) in [5.74, 6) is 0.00177. The second-order valence-electron chi connectivity index (χ2n) is 4.21. The van der Waals surface area contributed by atoms with Crippen molar-refractivity contribution in [1.82, 2.24) is 4.98 Å². The molecule has 0 atom stereocenters. The first-order valence-electron chi connectivity index (χ1n) is 6.10. The second-order valence-corrected chi connectivity index (χ2v) is 6.89. The standard InChI is InChI=1S/C13H14N2O5S2/c1-8-11(12(16)20-3)21-13(14-8)15-22(17,18)10-6-4-9(19-2)5-7-10/h4-7H,1-3H3,(H,14,15). The maximum Gasteiger partial charge on any atom is 0.350 e. The van der Waals surface area contributed by atoms with E-state index in [1.165, 1.54) is 26.4 Å². The molecule has 118 valence electrons. The number of esters is 1. The minimum atomic E-state index is -3.78. The first kappa shape index (κ1) is 16.2. The fourth-order valence-electron chi connectivity index (χ4n) is 1.65. The van der Waals surface area contributed by atoms with E-state index in [2.05, 4.69) is 14.4 Å². The predicted octanol–water partition coefficient (Wildman–Crippen LogP) is 2.05. The minimum Gasteiger partial charge on any atom is -0.497 e. The first-order chi connectivity index (χ1) is 10.4. The lowest BCUT2D eigenvalue weighted by atomic mass is 10.3. The Kier molecular flexibility index (Phi) is 4.67. The average Bonchev–Trinajstić information content (AvgIpc) is 2.86. The molecule has 1 aromatic heterocycles. The van der Waals surface area contributed by atoms with Crippen molar-refractivity contribution in [3.05, 3.63) is 34.8 Å². The molecule has 0 amide bonds. The molecule has 0 saturated heterocycles. The Balaban J connectivity index is 2.26. The summed E-state index contributed by atoms with van der Waals surface area (Å²) in [5.41, 5.74) is 0.407. The van der Waals surface area contributed by atoms with Crippen LogP contribution in [0.25, 0.3) is 0 Å². The molecular weight excluding hydrogens is 328 g/mol. The van der Waals surface area contributed by atoms with Crippen molar-refractivity contribution in [1.29, 1.82) is 0 Å². The molecule has 2 rings (SSSR count). The van der Waals surface area contributed by atoms with Gasteiger partial charge in [-0.25, -0.2) is 18.2 Å². The van der Waals surface area contributed by atoms with Gasteiger partial charge in [0.1, 0.15) is 10.6 Å². The fraction of sp³-hybridized carbons (Fsp3) is 0.231. The lowest BCUT2D eigenvalue weighted by Crippen LogP contribution is -2.12. The Bertz CT molecular complexity index is 781. The highest BCUT2D eigenvalue weighted by atomic mass is 32.2. The second kappa shape index (κ2) is 6.32. The average molecular weight is 342 g/mol. The molecule has 0 spiro atoms. The molecule has 0 aliphatic carbocycles. The number of aromatic nitrogens is 1. The van der Waals surface area contributed by atoms with Crippen LogP contribution in [0.4, 0.5) is 5.13 Å². The normalized spacial score (nSPS) is 11.0. The lowest BCUT2D eigenvalue weighted by molar-refractivity contribution is 0.0605. The topological polar surface area (TPSA) is 94.6 Å². The summed E-state index contributed by atoms with van der Waals surface area (Å²) < 4.78 is 36.5. The smallest absolute Gasteiger partial charge is 0.350 e. The van der Waals surface area contributed by atoms with Gasteiger partial charge in [-0.05, 0) is 31.2 Å². The molecule has 9 heteroatoms. The van der Waals surface area contributed by atoms with E-state index in [0.717, 1.165) is 11.3 Å². The van der Waals surface area contributed by atoms with Crippen molar-refractivity contribution in [2.24, 2.45) is 0 Å². The largest absolute Gasteiger partial charge is 0.497 e. The van der Waals surface area contributed by atoms with Gasteiger partial charge < -0.3 is 9.47 Å². The Hall–Kier alpha value is -2.13. The summed E-state index contributed by atoms with van der Waals surface area (Å²) >= 11 is 0.921. The van der Waals surface area contributed by atoms with Gasteiger partial charge >= 0.3 is 5.97 Å². The van der Waals surface area contributed by atoms with Crippen LogP contribution in [-0.2, 0) is 14.8 Å². The van der Waals surface area contributed by atoms with Crippen molar-refractivity contribution in [3.63, 3.8) is 0 Å². The zero-order valence-electron chi connectivity index (χ0n) is 12.1. The fourth-order valence-corrected chi connectivity index (χ4v) is 3.77. The Morgan fingerprint density at radius 3 is 2.41 bits per heavy atom. The molecule has 2 aromatic rings. The quantitative estimate of drug-likeness (QED) is 0.836. The van der Waals surface area contributed by atoms with Crippen molar-refractivity contribution >= 4 is 32.5 Å². The molecule has 0 radical (unpaired) electrons. The molecule has 1 N–H and O–H groups in total. The molecule has 0 fully saturated rings. The molecule has 0 aliphatic rings. The highest BCUT2D eigenvalue weighted by Crippen LogP contribution is 2.26. The van der Waals surface area contributed by atoms with Gasteiger partial charge in [0.05, 0.1) is 24.8 Å². The molecule has 0 aliphatic heterocycles. The number of ether oxygens (including phenoxy) is 2. The zero-order chi connectivity index (χ0) is 16.3. The molecule has 7 nitrogen and oxygen atoms in total. The number of aryl methyl sites for hydroxylation is 1. The lowest BCUT2D eigenvalue weighted by Gasteiger charge is -2.05. The Labute approximate surface area is 132 Å². The van der Waals surface area contributed by atoms with Crippen LogP contribution < -0.4 is 9.46 Å². The van der Waals surface area contributed by atoms with Gasteiger partial charge in [0.15, 0.2) is 5.13 Å². The van der Waals surface area contributed by atoms with E-state index in [9.17, 15) is 13.2 Å². The number of nitrogens with zero attached hydrogens (tertiary/aromatic N) is 1. The van der Waals surface area contributed by atoms with Gasteiger partial charge in [0, 0.05) is 0 Å². The van der Waals surface area contributed by atoms with Gasteiger partial charge in [-0.2, -0.15) is 0 Å². The predicted molar refractivity (Wildman–Crippen MR) is 82.0 cm³/mol. The summed E-state index contributed by atoms with van der Waals surface area (Å²) in [6.07, 6.45) is 0. The molecular formula is C13H14N2O5S2. The van der Waals surface area contributed by atoms with Crippen LogP contribution in [0, 0.1) is 6.92 Å². The van der Waals surface area contributed by atoms with E-state index in [4.69, 9.17) is 4.74 Å². The van der Waals surface area contributed by atoms with Crippen LogP contribution >= 0.6 is 11.3 Å². The van der Waals surface area contributed by atoms with E-state index in [1.807, 2.05) is 0 Å². The van der Waals surface area contributed by atoms with Crippen LogP contribution in [0.5, 0.6) is 5.75 Å². The molecule has 0 unspecified atom stereocenters. The summed E-state index contributed by atoms with van der Waals surface area (Å²) in [6, 6.07) is 5.93. The third-order valence-electron chi connectivity index (χ3n) is 2.76. The number of methoxy groups -OCH3 is 2. The maximum atomic E-state index is 12.3. The van der Waals surface area contributed by atoms with E-state index in [0.29, 0.717) is 11.4 Å². The third kappa shape index (κ3) is 3.37. The Morgan fingerprint density at radius 2 is 1.86 bits per heavy atom. The number of nitrogens with one attached hydrogen (secondary N) is 1. The highest BCUT2D eigenvalue weighted by molar-refractivity contribution is 7.93. The van der Waals surface area contributed by atoms with Gasteiger partial charge in [-0.3, -0.25) is 4.72 Å².